The van der Waals surface area contributed by atoms with Crippen LogP contribution in [0.25, 0.3) is 11.1 Å². The summed E-state index contributed by atoms with van der Waals surface area (Å²) in [5.41, 5.74) is 8.92. The van der Waals surface area contributed by atoms with Crippen molar-refractivity contribution in [1.82, 2.24) is 10.1 Å². The van der Waals surface area contributed by atoms with Gasteiger partial charge in [-0.05, 0) is 49.5 Å². The SMILES string of the molecule is Nc1onc(CC2CC3CCC2C3)c1-c1cccnc1. The first kappa shape index (κ1) is 11.9. The third kappa shape index (κ3) is 1.90. The number of nitrogen functional groups attached to an aromatic ring is 1. The first-order valence-corrected chi connectivity index (χ1v) is 7.45. The zero-order valence-electron chi connectivity index (χ0n) is 11.5. The van der Waals surface area contributed by atoms with Crippen LogP contribution in [-0.2, 0) is 6.42 Å². The predicted octanol–water partition coefficient (Wildman–Crippen LogP) is 3.30. The van der Waals surface area contributed by atoms with Gasteiger partial charge < -0.3 is 10.3 Å². The zero-order chi connectivity index (χ0) is 13.5. The van der Waals surface area contributed by atoms with Gasteiger partial charge in [-0.2, -0.15) is 0 Å². The second kappa shape index (κ2) is 4.62. The Hall–Kier alpha value is -1.84. The fraction of sp³-hybridized carbons (Fsp3) is 0.500. The highest BCUT2D eigenvalue weighted by molar-refractivity contribution is 5.74. The zero-order valence-corrected chi connectivity index (χ0v) is 11.5. The van der Waals surface area contributed by atoms with Crippen LogP contribution in [-0.4, -0.2) is 10.1 Å². The largest absolute Gasteiger partial charge is 0.367 e. The topological polar surface area (TPSA) is 64.9 Å². The Morgan fingerprint density at radius 2 is 2.25 bits per heavy atom. The van der Waals surface area contributed by atoms with Crippen molar-refractivity contribution in [3.8, 4) is 11.1 Å². The van der Waals surface area contributed by atoms with Gasteiger partial charge in [-0.3, -0.25) is 4.98 Å². The van der Waals surface area contributed by atoms with E-state index in [9.17, 15) is 0 Å². The first-order valence-electron chi connectivity index (χ1n) is 7.45. The Balaban J connectivity index is 1.63. The van der Waals surface area contributed by atoms with Crippen LogP contribution < -0.4 is 5.73 Å². The number of nitrogens with two attached hydrogens (primary N) is 1. The molecular weight excluding hydrogens is 250 g/mol. The molecule has 3 atom stereocenters. The molecule has 0 saturated heterocycles. The highest BCUT2D eigenvalue weighted by atomic mass is 16.5. The lowest BCUT2D eigenvalue weighted by molar-refractivity contribution is 0.322. The lowest BCUT2D eigenvalue weighted by Crippen LogP contribution is -2.13. The summed E-state index contributed by atoms with van der Waals surface area (Å²) < 4.78 is 5.24. The molecule has 2 heterocycles. The molecule has 2 aromatic heterocycles. The van der Waals surface area contributed by atoms with Gasteiger partial charge in [0.25, 0.3) is 0 Å². The molecule has 0 aromatic carbocycles. The average Bonchev–Trinajstić information content (AvgIpc) is 3.16. The summed E-state index contributed by atoms with van der Waals surface area (Å²) in [5, 5.41) is 4.21. The van der Waals surface area contributed by atoms with Gasteiger partial charge in [0.15, 0.2) is 0 Å². The molecule has 4 rings (SSSR count). The number of aromatic nitrogens is 2. The van der Waals surface area contributed by atoms with Gasteiger partial charge in [-0.1, -0.05) is 17.6 Å². The second-order valence-corrected chi connectivity index (χ2v) is 6.25. The van der Waals surface area contributed by atoms with Crippen LogP contribution in [0.1, 0.15) is 31.4 Å². The summed E-state index contributed by atoms with van der Waals surface area (Å²) in [5.74, 6) is 3.01. The van der Waals surface area contributed by atoms with E-state index in [0.717, 1.165) is 41.0 Å². The van der Waals surface area contributed by atoms with E-state index in [0.29, 0.717) is 5.88 Å². The molecule has 20 heavy (non-hydrogen) atoms. The molecule has 0 aliphatic heterocycles. The Labute approximate surface area is 118 Å². The number of nitrogens with zero attached hydrogens (tertiary/aromatic N) is 2. The lowest BCUT2D eigenvalue weighted by atomic mass is 9.84. The molecule has 0 amide bonds. The van der Waals surface area contributed by atoms with Gasteiger partial charge in [0.2, 0.25) is 5.88 Å². The molecule has 2 aromatic rings. The van der Waals surface area contributed by atoms with Crippen LogP contribution in [0.15, 0.2) is 29.0 Å². The molecule has 2 saturated carbocycles. The van der Waals surface area contributed by atoms with Crippen molar-refractivity contribution in [1.29, 1.82) is 0 Å². The van der Waals surface area contributed by atoms with E-state index in [-0.39, 0.29) is 0 Å². The Bertz CT molecular complexity index is 607. The number of fused-ring (bicyclic) bond motifs is 2. The lowest BCUT2D eigenvalue weighted by Gasteiger charge is -2.20. The number of anilines is 1. The standard InChI is InChI=1S/C16H19N3O/c17-16-15(12-2-1-5-18-9-12)14(19-20-16)8-13-7-10-3-4-11(13)6-10/h1-2,5,9-11,13H,3-4,6-8,17H2. The van der Waals surface area contributed by atoms with Crippen molar-refractivity contribution in [3.05, 3.63) is 30.2 Å². The molecular formula is C16H19N3O. The summed E-state index contributed by atoms with van der Waals surface area (Å²) in [7, 11) is 0. The molecule has 3 unspecified atom stereocenters. The van der Waals surface area contributed by atoms with E-state index in [1.165, 1.54) is 25.7 Å². The Kier molecular flexibility index (Phi) is 2.76. The van der Waals surface area contributed by atoms with E-state index in [2.05, 4.69) is 10.1 Å². The van der Waals surface area contributed by atoms with Crippen molar-refractivity contribution in [3.63, 3.8) is 0 Å². The maximum atomic E-state index is 5.97. The van der Waals surface area contributed by atoms with Crippen LogP contribution in [0.3, 0.4) is 0 Å². The van der Waals surface area contributed by atoms with Crippen molar-refractivity contribution >= 4 is 5.88 Å². The van der Waals surface area contributed by atoms with Crippen molar-refractivity contribution in [2.24, 2.45) is 17.8 Å². The Morgan fingerprint density at radius 1 is 1.30 bits per heavy atom. The smallest absolute Gasteiger partial charge is 0.230 e. The van der Waals surface area contributed by atoms with Gasteiger partial charge in [0.1, 0.15) is 0 Å². The van der Waals surface area contributed by atoms with Gasteiger partial charge in [-0.25, -0.2) is 0 Å². The second-order valence-electron chi connectivity index (χ2n) is 6.25. The van der Waals surface area contributed by atoms with E-state index >= 15 is 0 Å². The molecule has 2 aliphatic carbocycles. The van der Waals surface area contributed by atoms with E-state index in [1.54, 1.807) is 6.20 Å². The molecule has 4 nitrogen and oxygen atoms in total. The van der Waals surface area contributed by atoms with Crippen molar-refractivity contribution in [2.45, 2.75) is 32.1 Å². The summed E-state index contributed by atoms with van der Waals surface area (Å²) in [6, 6.07) is 3.93. The molecule has 2 bridgehead atoms. The first-order chi connectivity index (χ1) is 9.81. The van der Waals surface area contributed by atoms with Crippen molar-refractivity contribution in [2.75, 3.05) is 5.73 Å². The normalized spacial score (nSPS) is 28.1. The average molecular weight is 269 g/mol. The van der Waals surface area contributed by atoms with Crippen LogP contribution in [0, 0.1) is 17.8 Å². The molecule has 0 spiro atoms. The van der Waals surface area contributed by atoms with Gasteiger partial charge in [0, 0.05) is 18.0 Å². The minimum Gasteiger partial charge on any atom is -0.367 e. The Morgan fingerprint density at radius 3 is 2.95 bits per heavy atom. The van der Waals surface area contributed by atoms with E-state index in [1.807, 2.05) is 18.3 Å². The summed E-state index contributed by atoms with van der Waals surface area (Å²) in [6.45, 7) is 0. The summed E-state index contributed by atoms with van der Waals surface area (Å²) in [4.78, 5) is 4.17. The minimum absolute atomic E-state index is 0.413. The van der Waals surface area contributed by atoms with Crippen LogP contribution >= 0.6 is 0 Å². The number of hydrogen-bond donors (Lipinski definition) is 1. The third-order valence-corrected chi connectivity index (χ3v) is 5.08. The molecule has 2 N–H and O–H groups in total. The highest BCUT2D eigenvalue weighted by Gasteiger charge is 2.40. The molecule has 2 fully saturated rings. The maximum Gasteiger partial charge on any atom is 0.230 e. The van der Waals surface area contributed by atoms with Gasteiger partial charge in [-0.15, -0.1) is 0 Å². The van der Waals surface area contributed by atoms with Crippen molar-refractivity contribution < 1.29 is 4.52 Å². The number of hydrogen-bond acceptors (Lipinski definition) is 4. The molecule has 2 aliphatic rings. The van der Waals surface area contributed by atoms with Crippen LogP contribution in [0.2, 0.25) is 0 Å². The van der Waals surface area contributed by atoms with Gasteiger partial charge >= 0.3 is 0 Å². The minimum atomic E-state index is 0.413. The number of rotatable bonds is 3. The fourth-order valence-electron chi connectivity index (χ4n) is 4.17. The summed E-state index contributed by atoms with van der Waals surface area (Å²) >= 11 is 0. The van der Waals surface area contributed by atoms with Crippen LogP contribution in [0.5, 0.6) is 0 Å². The van der Waals surface area contributed by atoms with Gasteiger partial charge in [0.05, 0.1) is 11.3 Å². The molecule has 0 radical (unpaired) electrons. The van der Waals surface area contributed by atoms with E-state index in [4.69, 9.17) is 10.3 Å². The summed E-state index contributed by atoms with van der Waals surface area (Å²) in [6.07, 6.45) is 10.2. The molecule has 4 heteroatoms. The predicted molar refractivity (Wildman–Crippen MR) is 76.8 cm³/mol. The molecule has 104 valence electrons. The maximum absolute atomic E-state index is 5.97. The van der Waals surface area contributed by atoms with Crippen LogP contribution in [0.4, 0.5) is 5.88 Å². The highest BCUT2D eigenvalue weighted by Crippen LogP contribution is 2.50. The van der Waals surface area contributed by atoms with E-state index < -0.39 is 0 Å². The number of pyridine rings is 1. The monoisotopic (exact) mass is 269 g/mol. The fourth-order valence-corrected chi connectivity index (χ4v) is 4.17. The third-order valence-electron chi connectivity index (χ3n) is 5.08. The quantitative estimate of drug-likeness (QED) is 0.928.